The van der Waals surface area contributed by atoms with E-state index in [9.17, 15) is 9.18 Å². The minimum absolute atomic E-state index is 0.145. The van der Waals surface area contributed by atoms with Gasteiger partial charge in [0.25, 0.3) is 5.91 Å². The molecule has 0 aliphatic rings. The zero-order chi connectivity index (χ0) is 11.4. The summed E-state index contributed by atoms with van der Waals surface area (Å²) in [6.07, 6.45) is 5.12. The largest absolute Gasteiger partial charge is 0.339 e. The van der Waals surface area contributed by atoms with Crippen molar-refractivity contribution in [3.63, 3.8) is 0 Å². The molecule has 1 rings (SSSR count). The highest BCUT2D eigenvalue weighted by molar-refractivity contribution is 9.10. The number of benzene rings is 1. The molecule has 1 aromatic rings. The summed E-state index contributed by atoms with van der Waals surface area (Å²) in [6.45, 7) is 1.67. The normalized spacial score (nSPS) is 11.6. The molecule has 1 amide bonds. The number of nitrogens with one attached hydrogen (secondary N) is 1. The van der Waals surface area contributed by atoms with Gasteiger partial charge in [-0.15, -0.1) is 6.42 Å². The van der Waals surface area contributed by atoms with Gasteiger partial charge in [-0.2, -0.15) is 0 Å². The van der Waals surface area contributed by atoms with Crippen LogP contribution >= 0.6 is 15.9 Å². The number of carbonyl (C=O) groups excluding carboxylic acids is 1. The molecule has 78 valence electrons. The summed E-state index contributed by atoms with van der Waals surface area (Å²) in [5, 5.41) is 2.54. The van der Waals surface area contributed by atoms with E-state index in [0.29, 0.717) is 0 Å². The first-order valence-electron chi connectivity index (χ1n) is 4.27. The Morgan fingerprint density at radius 3 is 2.93 bits per heavy atom. The van der Waals surface area contributed by atoms with Crippen LogP contribution in [0.3, 0.4) is 0 Å². The van der Waals surface area contributed by atoms with Crippen LogP contribution in [-0.2, 0) is 0 Å². The number of halogens is 2. The molecule has 0 fully saturated rings. The van der Waals surface area contributed by atoms with E-state index < -0.39 is 11.7 Å². The average molecular weight is 270 g/mol. The molecule has 1 N–H and O–H groups in total. The Bertz CT molecular complexity index is 425. The van der Waals surface area contributed by atoms with Crippen molar-refractivity contribution in [2.45, 2.75) is 13.0 Å². The van der Waals surface area contributed by atoms with Gasteiger partial charge in [-0.3, -0.25) is 4.79 Å². The molecule has 0 aliphatic carbocycles. The second kappa shape index (κ2) is 4.94. The van der Waals surface area contributed by atoms with Crippen LogP contribution in [0.4, 0.5) is 4.39 Å². The van der Waals surface area contributed by atoms with Crippen LogP contribution in [0.25, 0.3) is 0 Å². The highest BCUT2D eigenvalue weighted by Gasteiger charge is 2.13. The van der Waals surface area contributed by atoms with E-state index in [1.807, 2.05) is 0 Å². The topological polar surface area (TPSA) is 29.1 Å². The van der Waals surface area contributed by atoms with Crippen molar-refractivity contribution in [2.24, 2.45) is 0 Å². The van der Waals surface area contributed by atoms with Crippen molar-refractivity contribution in [1.82, 2.24) is 5.32 Å². The molecule has 1 aromatic carbocycles. The molecule has 0 aromatic heterocycles. The SMILES string of the molecule is C#CC(C)NC(=O)c1cccc(F)c1Br. The molecule has 0 saturated heterocycles. The molecule has 15 heavy (non-hydrogen) atoms. The Hall–Kier alpha value is -1.34. The smallest absolute Gasteiger partial charge is 0.253 e. The van der Waals surface area contributed by atoms with Crippen molar-refractivity contribution in [2.75, 3.05) is 0 Å². The zero-order valence-corrected chi connectivity index (χ0v) is 9.64. The Labute approximate surface area is 96.0 Å². The highest BCUT2D eigenvalue weighted by atomic mass is 79.9. The van der Waals surface area contributed by atoms with Gasteiger partial charge in [0.1, 0.15) is 5.82 Å². The third kappa shape index (κ3) is 2.80. The number of terminal acetylenes is 1. The summed E-state index contributed by atoms with van der Waals surface area (Å²) in [7, 11) is 0. The number of hydrogen-bond acceptors (Lipinski definition) is 1. The van der Waals surface area contributed by atoms with Crippen LogP contribution in [0.1, 0.15) is 17.3 Å². The van der Waals surface area contributed by atoms with E-state index in [1.165, 1.54) is 18.2 Å². The van der Waals surface area contributed by atoms with Gasteiger partial charge in [0.2, 0.25) is 0 Å². The lowest BCUT2D eigenvalue weighted by molar-refractivity contribution is 0.0947. The first-order chi connectivity index (χ1) is 7.06. The molecular formula is C11H9BrFNO. The fourth-order valence-electron chi connectivity index (χ4n) is 0.995. The Morgan fingerprint density at radius 1 is 1.67 bits per heavy atom. The zero-order valence-electron chi connectivity index (χ0n) is 8.05. The van der Waals surface area contributed by atoms with Crippen molar-refractivity contribution in [1.29, 1.82) is 0 Å². The summed E-state index contributed by atoms with van der Waals surface area (Å²) < 4.78 is 13.2. The van der Waals surface area contributed by atoms with E-state index >= 15 is 0 Å². The molecule has 0 radical (unpaired) electrons. The molecule has 1 unspecified atom stereocenters. The molecule has 0 saturated carbocycles. The Morgan fingerprint density at radius 2 is 2.33 bits per heavy atom. The Kier molecular flexibility index (Phi) is 3.87. The Balaban J connectivity index is 2.93. The second-order valence-electron chi connectivity index (χ2n) is 2.96. The monoisotopic (exact) mass is 269 g/mol. The quantitative estimate of drug-likeness (QED) is 0.821. The molecule has 0 aliphatic heterocycles. The van der Waals surface area contributed by atoms with Gasteiger partial charge in [-0.25, -0.2) is 4.39 Å². The van der Waals surface area contributed by atoms with Gasteiger partial charge in [0, 0.05) is 0 Å². The maximum atomic E-state index is 13.1. The van der Waals surface area contributed by atoms with Crippen LogP contribution in [0.15, 0.2) is 22.7 Å². The standard InChI is InChI=1S/C11H9BrFNO/c1-3-7(2)14-11(15)8-5-4-6-9(13)10(8)12/h1,4-7H,2H3,(H,14,15). The van der Waals surface area contributed by atoms with E-state index in [4.69, 9.17) is 6.42 Å². The summed E-state index contributed by atoms with van der Waals surface area (Å²) in [5.74, 6) is 1.49. The van der Waals surface area contributed by atoms with Crippen molar-refractivity contribution in [3.05, 3.63) is 34.1 Å². The van der Waals surface area contributed by atoms with Gasteiger partial charge in [-0.05, 0) is 35.0 Å². The van der Waals surface area contributed by atoms with Crippen LogP contribution in [0, 0.1) is 18.2 Å². The van der Waals surface area contributed by atoms with Gasteiger partial charge < -0.3 is 5.32 Å². The fraction of sp³-hybridized carbons (Fsp3) is 0.182. The fourth-order valence-corrected chi connectivity index (χ4v) is 1.44. The molecular weight excluding hydrogens is 261 g/mol. The number of hydrogen-bond donors (Lipinski definition) is 1. The van der Waals surface area contributed by atoms with E-state index in [-0.39, 0.29) is 16.1 Å². The lowest BCUT2D eigenvalue weighted by Gasteiger charge is -2.09. The second-order valence-corrected chi connectivity index (χ2v) is 3.76. The van der Waals surface area contributed by atoms with Crippen LogP contribution in [0.2, 0.25) is 0 Å². The molecule has 0 spiro atoms. The molecule has 4 heteroatoms. The van der Waals surface area contributed by atoms with E-state index in [2.05, 4.69) is 27.2 Å². The summed E-state index contributed by atoms with van der Waals surface area (Å²) in [4.78, 5) is 11.6. The minimum atomic E-state index is -0.476. The van der Waals surface area contributed by atoms with E-state index in [1.54, 1.807) is 6.92 Å². The van der Waals surface area contributed by atoms with Crippen molar-refractivity contribution in [3.8, 4) is 12.3 Å². The summed E-state index contributed by atoms with van der Waals surface area (Å²) in [5.41, 5.74) is 0.233. The summed E-state index contributed by atoms with van der Waals surface area (Å²) >= 11 is 3.01. The van der Waals surface area contributed by atoms with Gasteiger partial charge in [-0.1, -0.05) is 12.0 Å². The maximum Gasteiger partial charge on any atom is 0.253 e. The lowest BCUT2D eigenvalue weighted by Crippen LogP contribution is -2.31. The number of carbonyl (C=O) groups is 1. The van der Waals surface area contributed by atoms with Gasteiger partial charge in [0.15, 0.2) is 0 Å². The predicted octanol–water partition coefficient (Wildman–Crippen LogP) is 2.34. The molecule has 1 atom stereocenters. The molecule has 2 nitrogen and oxygen atoms in total. The average Bonchev–Trinajstić information content (AvgIpc) is 2.21. The van der Waals surface area contributed by atoms with Crippen LogP contribution in [0.5, 0.6) is 0 Å². The molecule has 0 bridgehead atoms. The third-order valence-corrected chi connectivity index (χ3v) is 2.60. The van der Waals surface area contributed by atoms with Gasteiger partial charge in [0.05, 0.1) is 16.1 Å². The van der Waals surface area contributed by atoms with Crippen molar-refractivity contribution >= 4 is 21.8 Å². The highest BCUT2D eigenvalue weighted by Crippen LogP contribution is 2.20. The molecule has 0 heterocycles. The van der Waals surface area contributed by atoms with E-state index in [0.717, 1.165) is 0 Å². The first kappa shape index (κ1) is 11.7. The van der Waals surface area contributed by atoms with Crippen LogP contribution in [-0.4, -0.2) is 11.9 Å². The predicted molar refractivity (Wildman–Crippen MR) is 59.9 cm³/mol. The van der Waals surface area contributed by atoms with Gasteiger partial charge >= 0.3 is 0 Å². The minimum Gasteiger partial charge on any atom is -0.339 e. The first-order valence-corrected chi connectivity index (χ1v) is 5.06. The number of amides is 1. The third-order valence-electron chi connectivity index (χ3n) is 1.79. The number of rotatable bonds is 2. The maximum absolute atomic E-state index is 13.1. The lowest BCUT2D eigenvalue weighted by atomic mass is 10.2. The summed E-state index contributed by atoms with van der Waals surface area (Å²) in [6, 6.07) is 3.87. The van der Waals surface area contributed by atoms with Crippen LogP contribution < -0.4 is 5.32 Å². The van der Waals surface area contributed by atoms with Crippen molar-refractivity contribution < 1.29 is 9.18 Å².